The summed E-state index contributed by atoms with van der Waals surface area (Å²) in [5, 5.41) is 6.89. The van der Waals surface area contributed by atoms with E-state index < -0.39 is 0 Å². The van der Waals surface area contributed by atoms with Crippen LogP contribution in [0.25, 0.3) is 0 Å². The molecule has 1 nitrogen and oxygen atoms in total. The molecule has 0 bridgehead atoms. The Bertz CT molecular complexity index is 163. The quantitative estimate of drug-likeness (QED) is 0.437. The summed E-state index contributed by atoms with van der Waals surface area (Å²) in [6.45, 7) is 9.08. The van der Waals surface area contributed by atoms with Crippen LogP contribution in [-0.4, -0.2) is 6.21 Å². The van der Waals surface area contributed by atoms with Gasteiger partial charge in [-0.2, -0.15) is 0 Å². The zero-order chi connectivity index (χ0) is 7.28. The molecule has 0 saturated heterocycles. The largest absolute Gasteiger partial charge is 0.308 e. The van der Waals surface area contributed by atoms with Crippen molar-refractivity contribution in [3.8, 4) is 0 Å². The number of hydrogen-bond acceptors (Lipinski definition) is 1. The molecule has 9 heavy (non-hydrogen) atoms. The minimum atomic E-state index is 0.799. The lowest BCUT2D eigenvalue weighted by Crippen LogP contribution is -1.83. The van der Waals surface area contributed by atoms with E-state index >= 15 is 0 Å². The summed E-state index contributed by atoms with van der Waals surface area (Å²) < 4.78 is 0. The molecule has 0 heterocycles. The number of hydrogen-bond donors (Lipinski definition) is 1. The van der Waals surface area contributed by atoms with Gasteiger partial charge in [0.05, 0.1) is 0 Å². The Morgan fingerprint density at radius 3 is 2.22 bits per heavy atom. The summed E-state index contributed by atoms with van der Waals surface area (Å²) in [5.41, 5.74) is 1.62. The minimum Gasteiger partial charge on any atom is -0.308 e. The lowest BCUT2D eigenvalue weighted by Gasteiger charge is -1.95. The summed E-state index contributed by atoms with van der Waals surface area (Å²) in [7, 11) is 0. The van der Waals surface area contributed by atoms with E-state index in [0.29, 0.717) is 0 Å². The smallest absolute Gasteiger partial charge is 0.0252 e. The summed E-state index contributed by atoms with van der Waals surface area (Å²) in [6.07, 6.45) is 4.74. The molecule has 0 atom stereocenters. The highest BCUT2D eigenvalue weighted by Crippen LogP contribution is 2.03. The Morgan fingerprint density at radius 2 is 2.11 bits per heavy atom. The highest BCUT2D eigenvalue weighted by atomic mass is 14.3. The molecule has 0 aliphatic rings. The third-order valence-electron chi connectivity index (χ3n) is 1.08. The van der Waals surface area contributed by atoms with E-state index in [4.69, 9.17) is 5.41 Å². The normalized spacial score (nSPS) is 10.6. The van der Waals surface area contributed by atoms with Crippen LogP contribution in [0.4, 0.5) is 0 Å². The molecular weight excluding hydrogens is 110 g/mol. The van der Waals surface area contributed by atoms with Crippen LogP contribution in [0.5, 0.6) is 0 Å². The Hall–Kier alpha value is -1.11. The van der Waals surface area contributed by atoms with Crippen LogP contribution >= 0.6 is 0 Å². The highest BCUT2D eigenvalue weighted by molar-refractivity contribution is 5.83. The van der Waals surface area contributed by atoms with Gasteiger partial charge in [0.1, 0.15) is 0 Å². The second kappa shape index (κ2) is 3.84. The molecule has 0 aromatic heterocycles. The molecule has 0 fully saturated rings. The average molecular weight is 121 g/mol. The van der Waals surface area contributed by atoms with Crippen molar-refractivity contribution in [2.24, 2.45) is 0 Å². The lowest BCUT2D eigenvalue weighted by molar-refractivity contribution is 1.51. The predicted octanol–water partition coefficient (Wildman–Crippen LogP) is 2.32. The van der Waals surface area contributed by atoms with Gasteiger partial charge in [-0.15, -0.1) is 0 Å². The molecule has 0 rings (SSSR count). The molecule has 0 amide bonds. The predicted molar refractivity (Wildman–Crippen MR) is 41.9 cm³/mol. The maximum atomic E-state index is 6.89. The van der Waals surface area contributed by atoms with Gasteiger partial charge in [-0.25, -0.2) is 0 Å². The maximum Gasteiger partial charge on any atom is 0.0252 e. The van der Waals surface area contributed by atoms with Gasteiger partial charge in [-0.05, 0) is 18.1 Å². The van der Waals surface area contributed by atoms with E-state index in [-0.39, 0.29) is 0 Å². The van der Waals surface area contributed by atoms with Gasteiger partial charge in [0.2, 0.25) is 0 Å². The molecule has 1 N–H and O–H groups in total. The van der Waals surface area contributed by atoms with E-state index in [1.54, 1.807) is 6.08 Å². The summed E-state index contributed by atoms with van der Waals surface area (Å²) >= 11 is 0. The van der Waals surface area contributed by atoms with Crippen molar-refractivity contribution >= 4 is 6.21 Å². The van der Waals surface area contributed by atoms with Crippen molar-refractivity contribution in [1.29, 1.82) is 5.41 Å². The summed E-state index contributed by atoms with van der Waals surface area (Å²) in [4.78, 5) is 0. The van der Waals surface area contributed by atoms with Crippen LogP contribution in [0.3, 0.4) is 0 Å². The first-order valence-electron chi connectivity index (χ1n) is 2.74. The molecule has 0 unspecified atom stereocenters. The molecule has 0 spiro atoms. The summed E-state index contributed by atoms with van der Waals surface area (Å²) in [5.74, 6) is 0. The standard InChI is InChI=1S/C8H11N/c1-4-7(3)8(5-2)6-9/h4-6,9H,1,3H2,2H3/b8-5+,9-6?. The van der Waals surface area contributed by atoms with Gasteiger partial charge in [-0.3, -0.25) is 0 Å². The second-order valence-electron chi connectivity index (χ2n) is 1.62. The molecule has 48 valence electrons. The van der Waals surface area contributed by atoms with E-state index in [1.165, 1.54) is 6.21 Å². The lowest BCUT2D eigenvalue weighted by atomic mass is 10.1. The molecule has 1 heteroatoms. The van der Waals surface area contributed by atoms with Crippen LogP contribution in [0, 0.1) is 5.41 Å². The zero-order valence-corrected chi connectivity index (χ0v) is 5.65. The van der Waals surface area contributed by atoms with Crippen LogP contribution in [0.1, 0.15) is 6.92 Å². The average Bonchev–Trinajstić information content (AvgIpc) is 1.90. The van der Waals surface area contributed by atoms with Crippen LogP contribution in [0.2, 0.25) is 0 Å². The van der Waals surface area contributed by atoms with Crippen molar-refractivity contribution in [2.75, 3.05) is 0 Å². The fourth-order valence-electron chi connectivity index (χ4n) is 0.479. The number of nitrogens with one attached hydrogen (secondary N) is 1. The van der Waals surface area contributed by atoms with Gasteiger partial charge < -0.3 is 5.41 Å². The van der Waals surface area contributed by atoms with Crippen LogP contribution in [-0.2, 0) is 0 Å². The van der Waals surface area contributed by atoms with Crippen molar-refractivity contribution in [2.45, 2.75) is 6.92 Å². The summed E-state index contributed by atoms with van der Waals surface area (Å²) in [6, 6.07) is 0. The van der Waals surface area contributed by atoms with E-state index in [2.05, 4.69) is 13.2 Å². The Balaban J connectivity index is 4.31. The molecular formula is C8H11N. The molecule has 0 aliphatic heterocycles. The molecule has 0 radical (unpaired) electrons. The molecule has 0 aliphatic carbocycles. The minimum absolute atomic E-state index is 0.799. The first-order chi connectivity index (χ1) is 4.26. The number of allylic oxidation sites excluding steroid dienone is 4. The van der Waals surface area contributed by atoms with Crippen molar-refractivity contribution in [3.63, 3.8) is 0 Å². The van der Waals surface area contributed by atoms with Gasteiger partial charge in [0.15, 0.2) is 0 Å². The van der Waals surface area contributed by atoms with Gasteiger partial charge in [0, 0.05) is 6.21 Å². The SMILES string of the molecule is C=CC(=C)/C(C=N)=C/C. The third kappa shape index (κ3) is 2.08. The van der Waals surface area contributed by atoms with Gasteiger partial charge in [0.25, 0.3) is 0 Å². The molecule has 0 aromatic rings. The topological polar surface area (TPSA) is 23.9 Å². The van der Waals surface area contributed by atoms with Crippen LogP contribution < -0.4 is 0 Å². The van der Waals surface area contributed by atoms with Crippen LogP contribution in [0.15, 0.2) is 36.5 Å². The van der Waals surface area contributed by atoms with Crippen molar-refractivity contribution < 1.29 is 0 Å². The third-order valence-corrected chi connectivity index (χ3v) is 1.08. The Labute approximate surface area is 55.9 Å². The van der Waals surface area contributed by atoms with Crippen molar-refractivity contribution in [3.05, 3.63) is 36.5 Å². The van der Waals surface area contributed by atoms with Gasteiger partial charge in [-0.1, -0.05) is 25.3 Å². The van der Waals surface area contributed by atoms with Crippen molar-refractivity contribution in [1.82, 2.24) is 0 Å². The molecule has 0 saturated carbocycles. The van der Waals surface area contributed by atoms with E-state index in [0.717, 1.165) is 11.1 Å². The molecule has 0 aromatic carbocycles. The first kappa shape index (κ1) is 7.89. The zero-order valence-electron chi connectivity index (χ0n) is 5.65. The first-order valence-corrected chi connectivity index (χ1v) is 2.74. The monoisotopic (exact) mass is 121 g/mol. The van der Waals surface area contributed by atoms with E-state index in [1.807, 2.05) is 13.0 Å². The Kier molecular flexibility index (Phi) is 3.37. The van der Waals surface area contributed by atoms with E-state index in [9.17, 15) is 0 Å². The number of rotatable bonds is 3. The fourth-order valence-corrected chi connectivity index (χ4v) is 0.479. The second-order valence-corrected chi connectivity index (χ2v) is 1.62. The fraction of sp³-hybridized carbons (Fsp3) is 0.125. The highest BCUT2D eigenvalue weighted by Gasteiger charge is 1.89. The van der Waals surface area contributed by atoms with Gasteiger partial charge >= 0.3 is 0 Å². The maximum absolute atomic E-state index is 6.89. The Morgan fingerprint density at radius 1 is 1.56 bits per heavy atom.